The standard InChI is InChI=1S/C16H13NO5S/c1-23(20,21)12-5-2-10(3-6-12)22-11-4-7-15-13(8-11)14(9-17-15)16(18)19/h2-9,17H,1H3,(H,18,19). The van der Waals surface area contributed by atoms with Crippen LogP contribution in [0.3, 0.4) is 0 Å². The summed E-state index contributed by atoms with van der Waals surface area (Å²) in [6.45, 7) is 0. The largest absolute Gasteiger partial charge is 0.478 e. The molecule has 118 valence electrons. The highest BCUT2D eigenvalue weighted by molar-refractivity contribution is 7.90. The Morgan fingerprint density at radius 1 is 1.09 bits per heavy atom. The van der Waals surface area contributed by atoms with Crippen LogP contribution in [0.4, 0.5) is 0 Å². The number of sulfone groups is 1. The van der Waals surface area contributed by atoms with Gasteiger partial charge in [-0.15, -0.1) is 0 Å². The first-order valence-corrected chi connectivity index (χ1v) is 8.56. The Morgan fingerprint density at radius 3 is 2.35 bits per heavy atom. The van der Waals surface area contributed by atoms with Crippen LogP contribution in [-0.4, -0.2) is 30.7 Å². The van der Waals surface area contributed by atoms with E-state index in [1.54, 1.807) is 30.3 Å². The molecular weight excluding hydrogens is 318 g/mol. The lowest BCUT2D eigenvalue weighted by Gasteiger charge is -2.07. The Morgan fingerprint density at radius 2 is 1.74 bits per heavy atom. The van der Waals surface area contributed by atoms with E-state index in [1.165, 1.54) is 18.3 Å². The Labute approximate surface area is 132 Å². The first kappa shape index (κ1) is 15.1. The molecule has 0 amide bonds. The number of H-pyrrole nitrogens is 1. The number of rotatable bonds is 4. The molecule has 23 heavy (non-hydrogen) atoms. The van der Waals surface area contributed by atoms with Crippen LogP contribution in [-0.2, 0) is 9.84 Å². The van der Waals surface area contributed by atoms with Crippen molar-refractivity contribution < 1.29 is 23.1 Å². The second-order valence-electron chi connectivity index (χ2n) is 5.06. The summed E-state index contributed by atoms with van der Waals surface area (Å²) in [5.74, 6) is -0.0956. The molecule has 2 N–H and O–H groups in total. The van der Waals surface area contributed by atoms with E-state index < -0.39 is 15.8 Å². The van der Waals surface area contributed by atoms with Crippen molar-refractivity contribution in [2.24, 2.45) is 0 Å². The Balaban J connectivity index is 1.92. The van der Waals surface area contributed by atoms with Gasteiger partial charge < -0.3 is 14.8 Å². The third-order valence-corrected chi connectivity index (χ3v) is 4.50. The number of hydrogen-bond acceptors (Lipinski definition) is 4. The molecular formula is C16H13NO5S. The van der Waals surface area contributed by atoms with Gasteiger partial charge in [0.05, 0.1) is 10.5 Å². The highest BCUT2D eigenvalue weighted by Gasteiger charge is 2.12. The highest BCUT2D eigenvalue weighted by Crippen LogP contribution is 2.28. The summed E-state index contributed by atoms with van der Waals surface area (Å²) >= 11 is 0. The highest BCUT2D eigenvalue weighted by atomic mass is 32.2. The molecule has 3 rings (SSSR count). The number of carbonyl (C=O) groups is 1. The summed E-state index contributed by atoms with van der Waals surface area (Å²) in [7, 11) is -3.25. The number of aromatic amines is 1. The monoisotopic (exact) mass is 331 g/mol. The smallest absolute Gasteiger partial charge is 0.337 e. The van der Waals surface area contributed by atoms with E-state index in [2.05, 4.69) is 4.98 Å². The Hall–Kier alpha value is -2.80. The third kappa shape index (κ3) is 3.04. The van der Waals surface area contributed by atoms with Crippen LogP contribution in [0.5, 0.6) is 11.5 Å². The van der Waals surface area contributed by atoms with Gasteiger partial charge in [0.1, 0.15) is 11.5 Å². The summed E-state index contributed by atoms with van der Waals surface area (Å²) in [6, 6.07) is 11.1. The molecule has 0 saturated heterocycles. The fraction of sp³-hybridized carbons (Fsp3) is 0.0625. The topological polar surface area (TPSA) is 96.5 Å². The van der Waals surface area contributed by atoms with Gasteiger partial charge in [-0.05, 0) is 42.5 Å². The van der Waals surface area contributed by atoms with Gasteiger partial charge in [0.2, 0.25) is 0 Å². The summed E-state index contributed by atoms with van der Waals surface area (Å²) in [5.41, 5.74) is 0.861. The van der Waals surface area contributed by atoms with Gasteiger partial charge in [0.15, 0.2) is 9.84 Å². The number of hydrogen-bond donors (Lipinski definition) is 2. The van der Waals surface area contributed by atoms with Crippen molar-refractivity contribution in [3.63, 3.8) is 0 Å². The molecule has 0 atom stereocenters. The average molecular weight is 331 g/mol. The van der Waals surface area contributed by atoms with Crippen molar-refractivity contribution >= 4 is 26.7 Å². The maximum Gasteiger partial charge on any atom is 0.337 e. The number of ether oxygens (including phenoxy) is 1. The molecule has 1 aromatic heterocycles. The predicted molar refractivity (Wildman–Crippen MR) is 84.9 cm³/mol. The lowest BCUT2D eigenvalue weighted by molar-refractivity contribution is 0.0699. The van der Waals surface area contributed by atoms with Gasteiger partial charge >= 0.3 is 5.97 Å². The van der Waals surface area contributed by atoms with Crippen LogP contribution in [0.1, 0.15) is 10.4 Å². The molecule has 0 aliphatic heterocycles. The molecule has 6 nitrogen and oxygen atoms in total. The van der Waals surface area contributed by atoms with Gasteiger partial charge in [-0.2, -0.15) is 0 Å². The SMILES string of the molecule is CS(=O)(=O)c1ccc(Oc2ccc3[nH]cc(C(=O)O)c3c2)cc1. The molecule has 0 fully saturated rings. The molecule has 0 unspecified atom stereocenters. The van der Waals surface area contributed by atoms with Crippen molar-refractivity contribution in [2.75, 3.05) is 6.26 Å². The van der Waals surface area contributed by atoms with Crippen LogP contribution in [0, 0.1) is 0 Å². The quantitative estimate of drug-likeness (QED) is 0.766. The first-order chi connectivity index (χ1) is 10.8. The van der Waals surface area contributed by atoms with Crippen LogP contribution in [0.15, 0.2) is 53.6 Å². The number of aromatic nitrogens is 1. The fourth-order valence-corrected chi connectivity index (χ4v) is 2.86. The van der Waals surface area contributed by atoms with E-state index >= 15 is 0 Å². The molecule has 3 aromatic rings. The number of carboxylic acids is 1. The van der Waals surface area contributed by atoms with Crippen LogP contribution >= 0.6 is 0 Å². The fourth-order valence-electron chi connectivity index (χ4n) is 2.23. The third-order valence-electron chi connectivity index (χ3n) is 3.37. The zero-order valence-corrected chi connectivity index (χ0v) is 12.9. The predicted octanol–water partition coefficient (Wildman–Crippen LogP) is 3.06. The molecule has 0 aliphatic carbocycles. The molecule has 0 bridgehead atoms. The van der Waals surface area contributed by atoms with Crippen molar-refractivity contribution in [3.05, 3.63) is 54.2 Å². The first-order valence-electron chi connectivity index (χ1n) is 6.67. The number of fused-ring (bicyclic) bond motifs is 1. The van der Waals surface area contributed by atoms with Crippen molar-refractivity contribution in [1.29, 1.82) is 0 Å². The minimum Gasteiger partial charge on any atom is -0.478 e. The summed E-state index contributed by atoms with van der Waals surface area (Å²) in [5, 5.41) is 9.69. The van der Waals surface area contributed by atoms with Crippen molar-refractivity contribution in [3.8, 4) is 11.5 Å². The summed E-state index contributed by atoms with van der Waals surface area (Å²) in [4.78, 5) is 14.2. The van der Waals surface area contributed by atoms with Gasteiger partial charge in [0, 0.05) is 23.4 Å². The lowest BCUT2D eigenvalue weighted by Crippen LogP contribution is -1.96. The van der Waals surface area contributed by atoms with Gasteiger partial charge in [-0.25, -0.2) is 13.2 Å². The molecule has 0 aliphatic rings. The van der Waals surface area contributed by atoms with E-state index in [9.17, 15) is 13.2 Å². The summed E-state index contributed by atoms with van der Waals surface area (Å²) < 4.78 is 28.5. The molecule has 0 saturated carbocycles. The zero-order chi connectivity index (χ0) is 16.6. The van der Waals surface area contributed by atoms with E-state index in [4.69, 9.17) is 9.84 Å². The lowest BCUT2D eigenvalue weighted by atomic mass is 10.1. The maximum absolute atomic E-state index is 11.4. The van der Waals surface area contributed by atoms with Crippen LogP contribution in [0.2, 0.25) is 0 Å². The maximum atomic E-state index is 11.4. The number of nitrogens with one attached hydrogen (secondary N) is 1. The van der Waals surface area contributed by atoms with Crippen LogP contribution < -0.4 is 4.74 Å². The number of benzene rings is 2. The number of aromatic carboxylic acids is 1. The molecule has 7 heteroatoms. The molecule has 0 radical (unpaired) electrons. The van der Waals surface area contributed by atoms with E-state index in [1.807, 2.05) is 0 Å². The van der Waals surface area contributed by atoms with E-state index in [0.717, 1.165) is 6.26 Å². The number of carboxylic acid groups (broad SMARTS) is 1. The Bertz CT molecular complexity index is 987. The molecule has 2 aromatic carbocycles. The van der Waals surface area contributed by atoms with Crippen molar-refractivity contribution in [1.82, 2.24) is 4.98 Å². The second-order valence-corrected chi connectivity index (χ2v) is 7.08. The minimum atomic E-state index is -3.25. The minimum absolute atomic E-state index is 0.165. The normalized spacial score (nSPS) is 11.5. The zero-order valence-electron chi connectivity index (χ0n) is 12.1. The summed E-state index contributed by atoms with van der Waals surface area (Å²) in [6.07, 6.45) is 2.56. The molecule has 0 spiro atoms. The van der Waals surface area contributed by atoms with Gasteiger partial charge in [0.25, 0.3) is 0 Å². The van der Waals surface area contributed by atoms with Crippen LogP contribution in [0.25, 0.3) is 10.9 Å². The van der Waals surface area contributed by atoms with Crippen molar-refractivity contribution in [2.45, 2.75) is 4.90 Å². The average Bonchev–Trinajstić information content (AvgIpc) is 2.90. The van der Waals surface area contributed by atoms with E-state index in [0.29, 0.717) is 22.4 Å². The Kier molecular flexibility index (Phi) is 3.57. The second kappa shape index (κ2) is 5.44. The van der Waals surface area contributed by atoms with E-state index in [-0.39, 0.29) is 10.5 Å². The molecule has 1 heterocycles. The van der Waals surface area contributed by atoms with Gasteiger partial charge in [-0.1, -0.05) is 0 Å². The van der Waals surface area contributed by atoms with Gasteiger partial charge in [-0.3, -0.25) is 0 Å².